The third kappa shape index (κ3) is 3.64. The van der Waals surface area contributed by atoms with Crippen LogP contribution in [0.4, 0.5) is 0 Å². The molecule has 1 rings (SSSR count). The topological polar surface area (TPSA) is 118 Å². The first-order chi connectivity index (χ1) is 8.93. The molecule has 0 aliphatic carbocycles. The average molecular weight is 300 g/mol. The molecule has 0 radical (unpaired) electrons. The number of rotatable bonds is 6. The van der Waals surface area contributed by atoms with Crippen LogP contribution in [-0.2, 0) is 10.0 Å². The van der Waals surface area contributed by atoms with Gasteiger partial charge in [-0.3, -0.25) is 4.79 Å². The Morgan fingerprint density at radius 2 is 1.79 bits per heavy atom. The summed E-state index contributed by atoms with van der Waals surface area (Å²) in [5, 5.41) is 17.1. The number of aromatic amines is 1. The Hall–Kier alpha value is -1.68. The lowest BCUT2D eigenvalue weighted by Gasteiger charge is -2.19. The SMILES string of the molecule is Cc1[nH]c(=O)sc1S(=O)(=O)N(CCC#N)CCC#N. The predicted octanol–water partition coefficient (Wildman–Crippen LogP) is 0.563. The minimum absolute atomic E-state index is 0.00600. The zero-order valence-corrected chi connectivity index (χ0v) is 11.8. The van der Waals surface area contributed by atoms with Gasteiger partial charge in [-0.15, -0.1) is 0 Å². The Morgan fingerprint density at radius 3 is 2.16 bits per heavy atom. The number of hydrogen-bond donors (Lipinski definition) is 1. The largest absolute Gasteiger partial charge is 0.315 e. The molecule has 0 atom stereocenters. The lowest BCUT2D eigenvalue weighted by Crippen LogP contribution is -2.32. The molecule has 0 saturated carbocycles. The van der Waals surface area contributed by atoms with Crippen LogP contribution in [0.2, 0.25) is 0 Å². The first-order valence-corrected chi connectivity index (χ1v) is 7.63. The molecule has 0 amide bonds. The summed E-state index contributed by atoms with van der Waals surface area (Å²) >= 11 is 0.610. The summed E-state index contributed by atoms with van der Waals surface area (Å²) in [4.78, 5) is 13.1. The highest BCUT2D eigenvalue weighted by Gasteiger charge is 2.28. The smallest absolute Gasteiger partial charge is 0.305 e. The first kappa shape index (κ1) is 15.4. The quantitative estimate of drug-likeness (QED) is 0.823. The molecule has 0 saturated heterocycles. The number of thiazole rings is 1. The minimum atomic E-state index is -3.84. The van der Waals surface area contributed by atoms with Crippen molar-refractivity contribution in [3.63, 3.8) is 0 Å². The van der Waals surface area contributed by atoms with Gasteiger partial charge in [0.1, 0.15) is 0 Å². The molecular formula is C10H12N4O3S2. The number of H-pyrrole nitrogens is 1. The van der Waals surface area contributed by atoms with Gasteiger partial charge < -0.3 is 4.98 Å². The Morgan fingerprint density at radius 1 is 1.26 bits per heavy atom. The van der Waals surface area contributed by atoms with Crippen LogP contribution in [0.15, 0.2) is 9.00 Å². The number of nitriles is 2. The van der Waals surface area contributed by atoms with Crippen LogP contribution in [0.25, 0.3) is 0 Å². The van der Waals surface area contributed by atoms with Gasteiger partial charge in [0.05, 0.1) is 12.1 Å². The van der Waals surface area contributed by atoms with E-state index in [0.717, 1.165) is 4.31 Å². The van der Waals surface area contributed by atoms with Crippen molar-refractivity contribution in [1.82, 2.24) is 9.29 Å². The molecule has 102 valence electrons. The molecule has 0 unspecified atom stereocenters. The monoisotopic (exact) mass is 300 g/mol. The van der Waals surface area contributed by atoms with Crippen LogP contribution in [0, 0.1) is 29.6 Å². The fourth-order valence-corrected chi connectivity index (χ4v) is 4.33. The summed E-state index contributed by atoms with van der Waals surface area (Å²) in [6.07, 6.45) is 0.0616. The van der Waals surface area contributed by atoms with Crippen molar-refractivity contribution in [2.24, 2.45) is 0 Å². The maximum absolute atomic E-state index is 12.3. The van der Waals surface area contributed by atoms with Gasteiger partial charge in [0.25, 0.3) is 10.0 Å². The second kappa shape index (κ2) is 6.48. The summed E-state index contributed by atoms with van der Waals surface area (Å²) in [5.41, 5.74) is 0.272. The number of aryl methyl sites for hydroxylation is 1. The van der Waals surface area contributed by atoms with E-state index in [-0.39, 0.29) is 35.8 Å². The van der Waals surface area contributed by atoms with Crippen LogP contribution < -0.4 is 4.87 Å². The molecule has 1 heterocycles. The predicted molar refractivity (Wildman–Crippen MR) is 68.9 cm³/mol. The van der Waals surface area contributed by atoms with Gasteiger partial charge in [0, 0.05) is 31.6 Å². The van der Waals surface area contributed by atoms with Crippen molar-refractivity contribution >= 4 is 21.4 Å². The van der Waals surface area contributed by atoms with Gasteiger partial charge in [-0.25, -0.2) is 8.42 Å². The molecule has 1 aromatic heterocycles. The highest BCUT2D eigenvalue weighted by atomic mass is 32.2. The van der Waals surface area contributed by atoms with Crippen molar-refractivity contribution in [1.29, 1.82) is 10.5 Å². The highest BCUT2D eigenvalue weighted by molar-refractivity contribution is 7.91. The van der Waals surface area contributed by atoms with E-state index >= 15 is 0 Å². The molecule has 7 nitrogen and oxygen atoms in total. The summed E-state index contributed by atoms with van der Waals surface area (Å²) in [7, 11) is -3.84. The summed E-state index contributed by atoms with van der Waals surface area (Å²) in [5.74, 6) is 0. The molecule has 0 bridgehead atoms. The third-order valence-corrected chi connectivity index (χ3v) is 5.78. The van der Waals surface area contributed by atoms with E-state index in [1.54, 1.807) is 0 Å². The van der Waals surface area contributed by atoms with E-state index in [1.165, 1.54) is 6.92 Å². The fraction of sp³-hybridized carbons (Fsp3) is 0.500. The van der Waals surface area contributed by atoms with Gasteiger partial charge in [0.2, 0.25) is 0 Å². The van der Waals surface area contributed by atoms with Gasteiger partial charge in [0.15, 0.2) is 4.21 Å². The van der Waals surface area contributed by atoms with E-state index in [4.69, 9.17) is 10.5 Å². The van der Waals surface area contributed by atoms with Crippen molar-refractivity contribution < 1.29 is 8.42 Å². The lowest BCUT2D eigenvalue weighted by atomic mass is 10.4. The van der Waals surface area contributed by atoms with E-state index in [2.05, 4.69) is 4.98 Å². The molecule has 19 heavy (non-hydrogen) atoms. The van der Waals surface area contributed by atoms with Crippen LogP contribution in [0.3, 0.4) is 0 Å². The molecule has 0 aromatic carbocycles. The molecule has 0 fully saturated rings. The van der Waals surface area contributed by atoms with Crippen molar-refractivity contribution in [3.8, 4) is 12.1 Å². The van der Waals surface area contributed by atoms with E-state index < -0.39 is 14.9 Å². The molecule has 1 aromatic rings. The Labute approximate surface area is 114 Å². The second-order valence-electron chi connectivity index (χ2n) is 3.65. The molecule has 1 N–H and O–H groups in total. The van der Waals surface area contributed by atoms with Crippen LogP contribution in [0.5, 0.6) is 0 Å². The Bertz CT molecular complexity index is 657. The molecule has 0 aliphatic rings. The molecule has 0 aliphatic heterocycles. The minimum Gasteiger partial charge on any atom is -0.315 e. The van der Waals surface area contributed by atoms with Crippen molar-refractivity contribution in [2.45, 2.75) is 24.0 Å². The second-order valence-corrected chi connectivity index (χ2v) is 6.76. The maximum atomic E-state index is 12.3. The number of sulfonamides is 1. The van der Waals surface area contributed by atoms with Gasteiger partial charge >= 0.3 is 4.87 Å². The summed E-state index contributed by atoms with van der Waals surface area (Å²) < 4.78 is 25.7. The van der Waals surface area contributed by atoms with Gasteiger partial charge in [-0.2, -0.15) is 14.8 Å². The summed E-state index contributed by atoms with van der Waals surface area (Å²) in [6, 6.07) is 3.73. The third-order valence-electron chi connectivity index (χ3n) is 2.30. The van der Waals surface area contributed by atoms with Gasteiger partial charge in [-0.1, -0.05) is 11.3 Å². The Balaban J connectivity index is 3.12. The first-order valence-electron chi connectivity index (χ1n) is 5.37. The molecule has 0 spiro atoms. The average Bonchev–Trinajstić information content (AvgIpc) is 2.69. The number of nitrogens with one attached hydrogen (secondary N) is 1. The number of aromatic nitrogens is 1. The van der Waals surface area contributed by atoms with Crippen LogP contribution in [-0.4, -0.2) is 30.8 Å². The zero-order chi connectivity index (χ0) is 14.5. The molecular weight excluding hydrogens is 288 g/mol. The lowest BCUT2D eigenvalue weighted by molar-refractivity contribution is 0.426. The fourth-order valence-electron chi connectivity index (χ4n) is 1.46. The van der Waals surface area contributed by atoms with E-state index in [9.17, 15) is 13.2 Å². The van der Waals surface area contributed by atoms with E-state index in [0.29, 0.717) is 11.3 Å². The highest BCUT2D eigenvalue weighted by Crippen LogP contribution is 2.21. The standard InChI is InChI=1S/C10H12N4O3S2/c1-8-9(18-10(15)13-8)19(16,17)14(6-2-4-11)7-3-5-12/h2-3,6-7H2,1H3,(H,13,15). The maximum Gasteiger partial charge on any atom is 0.305 e. The Kier molecular flexibility index (Phi) is 5.24. The van der Waals surface area contributed by atoms with Gasteiger partial charge in [-0.05, 0) is 6.92 Å². The van der Waals surface area contributed by atoms with Crippen LogP contribution >= 0.6 is 11.3 Å². The normalized spacial score (nSPS) is 11.2. The van der Waals surface area contributed by atoms with E-state index in [1.807, 2.05) is 12.1 Å². The number of hydrogen-bond acceptors (Lipinski definition) is 6. The summed E-state index contributed by atoms with van der Waals surface area (Å²) in [6.45, 7) is 1.51. The van der Waals surface area contributed by atoms with Crippen molar-refractivity contribution in [3.05, 3.63) is 15.4 Å². The van der Waals surface area contributed by atoms with Crippen molar-refractivity contribution in [2.75, 3.05) is 13.1 Å². The molecule has 9 heteroatoms. The zero-order valence-electron chi connectivity index (χ0n) is 10.2. The van der Waals surface area contributed by atoms with Crippen LogP contribution in [0.1, 0.15) is 18.5 Å². The number of nitrogens with zero attached hydrogens (tertiary/aromatic N) is 3.